The first kappa shape index (κ1) is 37.1. The van der Waals surface area contributed by atoms with Crippen LogP contribution in [0.4, 0.5) is 0 Å². The Morgan fingerprint density at radius 3 is 1.53 bits per heavy atom. The maximum atomic E-state index is 2.99. The van der Waals surface area contributed by atoms with Gasteiger partial charge in [-0.2, -0.15) is 6.08 Å². The number of allylic oxidation sites excluding steroid dienone is 4. The van der Waals surface area contributed by atoms with Crippen LogP contribution in [0.2, 0.25) is 0 Å². The maximum absolute atomic E-state index is 2.99. The quantitative estimate of drug-likeness (QED) is 0.347. The van der Waals surface area contributed by atoms with E-state index in [9.17, 15) is 0 Å². The van der Waals surface area contributed by atoms with Gasteiger partial charge in [-0.15, -0.1) is 46.2 Å². The van der Waals surface area contributed by atoms with Crippen molar-refractivity contribution in [2.45, 2.75) is 111 Å². The molecule has 3 aromatic rings. The molecule has 1 aliphatic carbocycles. The monoisotopic (exact) mass is 628 g/mol. The molecule has 0 N–H and O–H groups in total. The number of unbranched alkanes of at least 4 members (excludes halogenated alkanes) is 2. The topological polar surface area (TPSA) is 0 Å². The fourth-order valence-electron chi connectivity index (χ4n) is 4.20. The Morgan fingerprint density at radius 2 is 1.24 bits per heavy atom. The Morgan fingerprint density at radius 1 is 0.789 bits per heavy atom. The minimum absolute atomic E-state index is 0. The van der Waals surface area contributed by atoms with Gasteiger partial charge in [-0.1, -0.05) is 76.9 Å². The van der Waals surface area contributed by atoms with E-state index in [1.807, 2.05) is 12.2 Å². The minimum Gasteiger partial charge on any atom is -1.00 e. The summed E-state index contributed by atoms with van der Waals surface area (Å²) >= 11 is 1.67. The van der Waals surface area contributed by atoms with Gasteiger partial charge in [0.1, 0.15) is 0 Å². The summed E-state index contributed by atoms with van der Waals surface area (Å²) in [7, 11) is 0. The van der Waals surface area contributed by atoms with Crippen molar-refractivity contribution in [1.82, 2.24) is 0 Å². The number of rotatable bonds is 6. The molecule has 0 radical (unpaired) electrons. The molecule has 3 heteroatoms. The maximum Gasteiger partial charge on any atom is -0.109 e. The molecule has 4 rings (SSSR count). The van der Waals surface area contributed by atoms with Crippen LogP contribution in [0.15, 0.2) is 60.7 Å². The first-order valence-corrected chi connectivity index (χ1v) is 15.1. The van der Waals surface area contributed by atoms with E-state index in [1.54, 1.807) is 27.4 Å². The fourth-order valence-corrected chi connectivity index (χ4v) is 5.07. The van der Waals surface area contributed by atoms with E-state index in [0.29, 0.717) is 0 Å². The third kappa shape index (κ3) is 12.1. The molecule has 0 bridgehead atoms. The molecule has 0 spiro atoms. The first-order chi connectivity index (χ1) is 17.0. The summed E-state index contributed by atoms with van der Waals surface area (Å²) < 4.78 is 1.79. The molecule has 0 saturated heterocycles. The molecule has 0 unspecified atom stereocenters. The van der Waals surface area contributed by atoms with Crippen LogP contribution in [0.3, 0.4) is 0 Å². The zero-order valence-electron chi connectivity index (χ0n) is 25.0. The Labute approximate surface area is 261 Å². The second-order valence-electron chi connectivity index (χ2n) is 12.1. The Balaban J connectivity index is 0.000000676. The second-order valence-corrected chi connectivity index (χ2v) is 13.8. The first-order valence-electron chi connectivity index (χ1n) is 13.9. The molecule has 0 fully saturated rings. The largest absolute Gasteiger partial charge is 1.00 e. The Hall–Kier alpha value is -0.877. The van der Waals surface area contributed by atoms with Gasteiger partial charge in [0.25, 0.3) is 0 Å². The molecule has 0 nitrogen and oxygen atoms in total. The summed E-state index contributed by atoms with van der Waals surface area (Å²) in [5.74, 6) is 0. The number of benzene rings is 2. The molecule has 38 heavy (non-hydrogen) atoms. The van der Waals surface area contributed by atoms with E-state index < -0.39 is 0 Å². The van der Waals surface area contributed by atoms with Gasteiger partial charge in [-0.05, 0) is 10.8 Å². The molecule has 0 saturated carbocycles. The van der Waals surface area contributed by atoms with Crippen LogP contribution < -0.4 is 24.8 Å². The molecule has 0 heterocycles. The van der Waals surface area contributed by atoms with Crippen LogP contribution in [0.25, 0.3) is 21.5 Å². The summed E-state index contributed by atoms with van der Waals surface area (Å²) in [6, 6.07) is 16.2. The standard InChI is InChI=1S/C21H25.C9H18.C5H5.2ClH.Zr/c1-20(2,3)16-7-9-18-14(12-16)11-15-13-17(21(4,5)6)8-10-19(15)18;1-3-5-7-9-8-6-4-2;1-2-4-5-3-1;;;/h7-13H,1-6H3;3-8H2,1-2H3;1-3H,4H2;2*1H;/q-1;;-1;;;+2/p-2. The van der Waals surface area contributed by atoms with Crippen molar-refractivity contribution in [2.75, 3.05) is 0 Å². The van der Waals surface area contributed by atoms with E-state index in [1.165, 1.54) is 71.2 Å². The van der Waals surface area contributed by atoms with Crippen molar-refractivity contribution in [2.24, 2.45) is 0 Å². The van der Waals surface area contributed by atoms with Gasteiger partial charge in [0.2, 0.25) is 0 Å². The number of halogens is 2. The van der Waals surface area contributed by atoms with E-state index in [0.717, 1.165) is 6.42 Å². The molecule has 1 aliphatic rings. The summed E-state index contributed by atoms with van der Waals surface area (Å²) in [6.07, 6.45) is 18.3. The van der Waals surface area contributed by atoms with E-state index in [4.69, 9.17) is 0 Å². The normalized spacial score (nSPS) is 12.3. The summed E-state index contributed by atoms with van der Waals surface area (Å²) in [6.45, 7) is 18.2. The average molecular weight is 631 g/mol. The van der Waals surface area contributed by atoms with Gasteiger partial charge in [-0.25, -0.2) is 12.2 Å². The number of hydrogen-bond donors (Lipinski definition) is 0. The van der Waals surface area contributed by atoms with Crippen molar-refractivity contribution in [3.63, 3.8) is 0 Å². The predicted molar refractivity (Wildman–Crippen MR) is 160 cm³/mol. The smallest absolute Gasteiger partial charge is 0.109 e. The van der Waals surface area contributed by atoms with Crippen LogP contribution in [-0.4, -0.2) is 3.21 Å². The van der Waals surface area contributed by atoms with E-state index in [-0.39, 0.29) is 35.6 Å². The Bertz CT molecular complexity index is 1080. The zero-order chi connectivity index (χ0) is 26.8. The van der Waals surface area contributed by atoms with Crippen LogP contribution in [-0.2, 0) is 35.1 Å². The van der Waals surface area contributed by atoms with Crippen LogP contribution >= 0.6 is 0 Å². The van der Waals surface area contributed by atoms with Gasteiger partial charge < -0.3 is 24.8 Å². The number of fused-ring (bicyclic) bond motifs is 3. The van der Waals surface area contributed by atoms with Crippen molar-refractivity contribution in [3.8, 4) is 0 Å². The molecule has 0 aromatic heterocycles. The zero-order valence-corrected chi connectivity index (χ0v) is 28.9. The van der Waals surface area contributed by atoms with Gasteiger partial charge in [0.05, 0.1) is 0 Å². The van der Waals surface area contributed by atoms with Crippen molar-refractivity contribution < 1.29 is 49.0 Å². The van der Waals surface area contributed by atoms with Crippen molar-refractivity contribution >= 4 is 24.8 Å². The molecular formula is C35H48Cl2Zr-2. The summed E-state index contributed by atoms with van der Waals surface area (Å²) in [5.41, 5.74) is 3.21. The minimum atomic E-state index is 0. The predicted octanol–water partition coefficient (Wildman–Crippen LogP) is 4.71. The average Bonchev–Trinajstić information content (AvgIpc) is 3.51. The van der Waals surface area contributed by atoms with Crippen LogP contribution in [0.5, 0.6) is 0 Å². The molecule has 208 valence electrons. The van der Waals surface area contributed by atoms with Crippen LogP contribution in [0.1, 0.15) is 111 Å². The van der Waals surface area contributed by atoms with Crippen molar-refractivity contribution in [1.29, 1.82) is 0 Å². The number of hydrogen-bond acceptors (Lipinski definition) is 0. The third-order valence-electron chi connectivity index (χ3n) is 6.69. The van der Waals surface area contributed by atoms with Crippen LogP contribution in [0, 0.1) is 6.08 Å². The van der Waals surface area contributed by atoms with Gasteiger partial charge in [0, 0.05) is 0 Å². The van der Waals surface area contributed by atoms with E-state index in [2.05, 4.69) is 110 Å². The summed E-state index contributed by atoms with van der Waals surface area (Å²) in [5, 5.41) is 5.48. The molecule has 0 amide bonds. The molecule has 0 aliphatic heterocycles. The SMILES string of the molecule is CC(C)(C)c1ccc2c(c1)[cH-]c1cc(C(C)(C)C)ccc12.CCCC[C](=[Zr+2])CCCC.[C-]1=CC=CC1.[Cl-].[Cl-]. The molecular weight excluding hydrogens is 583 g/mol. The fraction of sp³-hybridized carbons (Fsp3) is 0.486. The molecule has 0 atom stereocenters. The molecule has 3 aromatic carbocycles. The van der Waals surface area contributed by atoms with Gasteiger partial charge in [0.15, 0.2) is 0 Å². The van der Waals surface area contributed by atoms with Crippen molar-refractivity contribution in [3.05, 3.63) is 77.9 Å². The third-order valence-corrected chi connectivity index (χ3v) is 7.92. The van der Waals surface area contributed by atoms with Gasteiger partial charge >= 0.3 is 79.8 Å². The van der Waals surface area contributed by atoms with Gasteiger partial charge in [-0.3, -0.25) is 6.08 Å². The second kappa shape index (κ2) is 17.7. The van der Waals surface area contributed by atoms with E-state index >= 15 is 0 Å². The Kier molecular flexibility index (Phi) is 17.3. The summed E-state index contributed by atoms with van der Waals surface area (Å²) in [4.78, 5) is 0.